The van der Waals surface area contributed by atoms with Gasteiger partial charge in [0.2, 0.25) is 0 Å². The molecule has 12 heavy (non-hydrogen) atoms. The zero-order valence-corrected chi connectivity index (χ0v) is 8.54. The lowest BCUT2D eigenvalue weighted by Gasteiger charge is -1.94. The first kappa shape index (κ1) is 7.97. The Morgan fingerprint density at radius 1 is 1.50 bits per heavy atom. The van der Waals surface area contributed by atoms with Gasteiger partial charge in [-0.05, 0) is 41.6 Å². The predicted octanol–water partition coefficient (Wildman–Crippen LogP) is 2.39. The van der Waals surface area contributed by atoms with Gasteiger partial charge in [-0.3, -0.25) is 4.40 Å². The second kappa shape index (κ2) is 2.69. The van der Waals surface area contributed by atoms with Gasteiger partial charge < -0.3 is 0 Å². The molecule has 2 aromatic heterocycles. The van der Waals surface area contributed by atoms with Crippen molar-refractivity contribution in [2.75, 3.05) is 0 Å². The minimum Gasteiger partial charge on any atom is -0.300 e. The Kier molecular flexibility index (Phi) is 1.79. The van der Waals surface area contributed by atoms with Gasteiger partial charge in [-0.25, -0.2) is 9.37 Å². The monoisotopic (exact) mass is 276 g/mol. The van der Waals surface area contributed by atoms with E-state index in [1.807, 2.05) is 6.92 Å². The molecule has 0 aromatic carbocycles. The van der Waals surface area contributed by atoms with Gasteiger partial charge in [-0.1, -0.05) is 0 Å². The molecule has 0 radical (unpaired) electrons. The second-order valence-corrected chi connectivity index (χ2v) is 3.57. The van der Waals surface area contributed by atoms with Crippen LogP contribution in [0.1, 0.15) is 5.82 Å². The van der Waals surface area contributed by atoms with E-state index < -0.39 is 0 Å². The summed E-state index contributed by atoms with van der Waals surface area (Å²) < 4.78 is 15.4. The number of halogens is 2. The highest BCUT2D eigenvalue weighted by Crippen LogP contribution is 2.15. The molecule has 2 rings (SSSR count). The summed E-state index contributed by atoms with van der Waals surface area (Å²) in [5, 5.41) is 0. The average Bonchev–Trinajstić information content (AvgIpc) is 2.28. The molecular weight excluding hydrogens is 270 g/mol. The number of aromatic nitrogens is 2. The Bertz CT molecular complexity index is 436. The topological polar surface area (TPSA) is 17.3 Å². The van der Waals surface area contributed by atoms with Crippen LogP contribution in [0.15, 0.2) is 18.3 Å². The molecule has 0 aliphatic carbocycles. The minimum atomic E-state index is -0.237. The SMILES string of the molecule is Cc1nc(I)c2ccc(F)cn12. The summed E-state index contributed by atoms with van der Waals surface area (Å²) >= 11 is 2.14. The molecule has 62 valence electrons. The molecule has 0 atom stereocenters. The van der Waals surface area contributed by atoms with Crippen LogP contribution >= 0.6 is 22.6 Å². The van der Waals surface area contributed by atoms with Crippen LogP contribution in [0, 0.1) is 16.4 Å². The Hall–Kier alpha value is -0.650. The van der Waals surface area contributed by atoms with Gasteiger partial charge >= 0.3 is 0 Å². The number of nitrogens with zero attached hydrogens (tertiary/aromatic N) is 2. The molecule has 2 nitrogen and oxygen atoms in total. The van der Waals surface area contributed by atoms with E-state index in [4.69, 9.17) is 0 Å². The van der Waals surface area contributed by atoms with Gasteiger partial charge in [0.15, 0.2) is 0 Å². The molecule has 0 N–H and O–H groups in total. The molecule has 0 saturated carbocycles. The average molecular weight is 276 g/mol. The van der Waals surface area contributed by atoms with Crippen molar-refractivity contribution in [3.63, 3.8) is 0 Å². The van der Waals surface area contributed by atoms with E-state index in [9.17, 15) is 4.39 Å². The lowest BCUT2D eigenvalue weighted by Crippen LogP contribution is -1.88. The second-order valence-electron chi connectivity index (χ2n) is 2.55. The van der Waals surface area contributed by atoms with Gasteiger partial charge in [0.25, 0.3) is 0 Å². The van der Waals surface area contributed by atoms with Crippen molar-refractivity contribution in [1.82, 2.24) is 9.38 Å². The molecule has 0 bridgehead atoms. The van der Waals surface area contributed by atoms with E-state index in [2.05, 4.69) is 27.6 Å². The third kappa shape index (κ3) is 1.10. The largest absolute Gasteiger partial charge is 0.300 e. The predicted molar refractivity (Wildman–Crippen MR) is 52.6 cm³/mol. The van der Waals surface area contributed by atoms with Crippen LogP contribution < -0.4 is 0 Å². The summed E-state index contributed by atoms with van der Waals surface area (Å²) in [6.07, 6.45) is 1.44. The van der Waals surface area contributed by atoms with E-state index in [-0.39, 0.29) is 5.82 Å². The molecule has 4 heteroatoms. The summed E-state index contributed by atoms with van der Waals surface area (Å²) in [4.78, 5) is 4.21. The van der Waals surface area contributed by atoms with Crippen molar-refractivity contribution in [2.24, 2.45) is 0 Å². The van der Waals surface area contributed by atoms with Gasteiger partial charge in [-0.15, -0.1) is 0 Å². The van der Waals surface area contributed by atoms with Crippen LogP contribution in [-0.2, 0) is 0 Å². The number of imidazole rings is 1. The maximum atomic E-state index is 12.8. The Morgan fingerprint density at radius 3 is 3.00 bits per heavy atom. The molecule has 0 spiro atoms. The first-order valence-corrected chi connectivity index (χ1v) is 4.56. The van der Waals surface area contributed by atoms with Crippen molar-refractivity contribution in [3.05, 3.63) is 33.7 Å². The fraction of sp³-hybridized carbons (Fsp3) is 0.125. The number of rotatable bonds is 0. The quantitative estimate of drug-likeness (QED) is 0.675. The summed E-state index contributed by atoms with van der Waals surface area (Å²) in [5.41, 5.74) is 0.953. The molecule has 2 heterocycles. The molecule has 0 fully saturated rings. The van der Waals surface area contributed by atoms with E-state index in [1.54, 1.807) is 10.5 Å². The lowest BCUT2D eigenvalue weighted by molar-refractivity contribution is 0.618. The normalized spacial score (nSPS) is 10.9. The highest BCUT2D eigenvalue weighted by atomic mass is 127. The van der Waals surface area contributed by atoms with Crippen molar-refractivity contribution >= 4 is 28.1 Å². The fourth-order valence-corrected chi connectivity index (χ4v) is 1.95. The number of pyridine rings is 1. The van der Waals surface area contributed by atoms with Crippen LogP contribution in [-0.4, -0.2) is 9.38 Å². The highest BCUT2D eigenvalue weighted by Gasteiger charge is 2.04. The van der Waals surface area contributed by atoms with E-state index >= 15 is 0 Å². The minimum absolute atomic E-state index is 0.237. The maximum absolute atomic E-state index is 12.8. The van der Waals surface area contributed by atoms with Crippen LogP contribution in [0.5, 0.6) is 0 Å². The Morgan fingerprint density at radius 2 is 2.25 bits per heavy atom. The molecule has 2 aromatic rings. The maximum Gasteiger partial charge on any atom is 0.139 e. The molecular formula is C8H6FIN2. The van der Waals surface area contributed by atoms with Crippen LogP contribution in [0.25, 0.3) is 5.52 Å². The van der Waals surface area contributed by atoms with Crippen molar-refractivity contribution in [1.29, 1.82) is 0 Å². The Balaban J connectivity index is 2.90. The van der Waals surface area contributed by atoms with Crippen molar-refractivity contribution in [3.8, 4) is 0 Å². The summed E-state index contributed by atoms with van der Waals surface area (Å²) in [6, 6.07) is 3.18. The summed E-state index contributed by atoms with van der Waals surface area (Å²) in [6.45, 7) is 1.86. The Labute approximate surface area is 82.6 Å². The van der Waals surface area contributed by atoms with Crippen molar-refractivity contribution < 1.29 is 4.39 Å². The number of hydrogen-bond acceptors (Lipinski definition) is 1. The fourth-order valence-electron chi connectivity index (χ4n) is 1.16. The molecule has 0 saturated heterocycles. The number of aryl methyl sites for hydroxylation is 1. The smallest absolute Gasteiger partial charge is 0.139 e. The van der Waals surface area contributed by atoms with Gasteiger partial charge in [0.1, 0.15) is 15.3 Å². The highest BCUT2D eigenvalue weighted by molar-refractivity contribution is 14.1. The molecule has 0 amide bonds. The van der Waals surface area contributed by atoms with Gasteiger partial charge in [0.05, 0.1) is 5.52 Å². The van der Waals surface area contributed by atoms with E-state index in [0.717, 1.165) is 15.0 Å². The van der Waals surface area contributed by atoms with E-state index in [1.165, 1.54) is 12.3 Å². The van der Waals surface area contributed by atoms with E-state index in [0.29, 0.717) is 0 Å². The zero-order chi connectivity index (χ0) is 8.72. The van der Waals surface area contributed by atoms with Crippen LogP contribution in [0.2, 0.25) is 0 Å². The first-order chi connectivity index (χ1) is 5.68. The third-order valence-electron chi connectivity index (χ3n) is 1.73. The molecule has 0 aliphatic rings. The lowest BCUT2D eigenvalue weighted by atomic mass is 10.4. The zero-order valence-electron chi connectivity index (χ0n) is 6.38. The van der Waals surface area contributed by atoms with Crippen molar-refractivity contribution in [2.45, 2.75) is 6.92 Å². The first-order valence-electron chi connectivity index (χ1n) is 3.48. The molecule has 0 aliphatic heterocycles. The number of hydrogen-bond donors (Lipinski definition) is 0. The van der Waals surface area contributed by atoms with Crippen LogP contribution in [0.4, 0.5) is 4.39 Å². The van der Waals surface area contributed by atoms with Gasteiger partial charge in [0, 0.05) is 6.20 Å². The molecule has 0 unspecified atom stereocenters. The summed E-state index contributed by atoms with van der Waals surface area (Å²) in [7, 11) is 0. The van der Waals surface area contributed by atoms with Gasteiger partial charge in [-0.2, -0.15) is 0 Å². The standard InChI is InChI=1S/C8H6FIN2/c1-5-11-8(10)7-3-2-6(9)4-12(5)7/h2-4H,1H3. The summed E-state index contributed by atoms with van der Waals surface area (Å²) in [5.74, 6) is 0.577. The van der Waals surface area contributed by atoms with Crippen LogP contribution in [0.3, 0.4) is 0 Å². The number of fused-ring (bicyclic) bond motifs is 1. The third-order valence-corrected chi connectivity index (χ3v) is 2.53.